The zero-order valence-corrected chi connectivity index (χ0v) is 14.4. The summed E-state index contributed by atoms with van der Waals surface area (Å²) in [5, 5.41) is 6.86. The minimum atomic E-state index is -0.304. The first-order valence-corrected chi connectivity index (χ1v) is 9.38. The smallest absolute Gasteiger partial charge is 0.341 e. The second-order valence-corrected chi connectivity index (χ2v) is 7.23. The summed E-state index contributed by atoms with van der Waals surface area (Å²) in [6, 6.07) is -0.146. The Morgan fingerprint density at radius 2 is 2.09 bits per heavy atom. The van der Waals surface area contributed by atoms with E-state index in [1.807, 2.05) is 6.92 Å². The normalized spacial score (nSPS) is 20.7. The van der Waals surface area contributed by atoms with Gasteiger partial charge in [-0.2, -0.15) is 0 Å². The van der Waals surface area contributed by atoms with Crippen LogP contribution >= 0.6 is 11.3 Å². The average molecular weight is 336 g/mol. The van der Waals surface area contributed by atoms with E-state index in [0.29, 0.717) is 17.2 Å². The Kier molecular flexibility index (Phi) is 5.33. The molecule has 1 aromatic heterocycles. The molecule has 126 valence electrons. The van der Waals surface area contributed by atoms with Crippen molar-refractivity contribution in [3.63, 3.8) is 0 Å². The Balaban J connectivity index is 1.88. The maximum absolute atomic E-state index is 12.4. The molecule has 1 atom stereocenters. The molecular formula is C17H24N2O3S. The van der Waals surface area contributed by atoms with Gasteiger partial charge in [-0.3, -0.25) is 4.79 Å². The van der Waals surface area contributed by atoms with Crippen LogP contribution in [0.3, 0.4) is 0 Å². The standard InChI is InChI=1S/C17H24N2O3S/c1-2-22-17(21)14-11-7-4-3-5-9-13(11)23-16(14)19-15(20)12-8-6-10-18-12/h12,18H,2-10H2,1H3,(H,19,20)/t12-/m1/s1. The van der Waals surface area contributed by atoms with Crippen molar-refractivity contribution in [3.05, 3.63) is 16.0 Å². The average Bonchev–Trinajstić information content (AvgIpc) is 3.11. The zero-order chi connectivity index (χ0) is 16.2. The first-order chi connectivity index (χ1) is 11.2. The third-order valence-corrected chi connectivity index (χ3v) is 5.72. The number of rotatable bonds is 4. The number of esters is 1. The summed E-state index contributed by atoms with van der Waals surface area (Å²) in [5.41, 5.74) is 1.70. The van der Waals surface area contributed by atoms with E-state index in [1.165, 1.54) is 11.3 Å². The third-order valence-electron chi connectivity index (χ3n) is 4.51. The fourth-order valence-corrected chi connectivity index (χ4v) is 4.64. The van der Waals surface area contributed by atoms with Crippen LogP contribution in [-0.4, -0.2) is 31.1 Å². The SMILES string of the molecule is CCOC(=O)c1c(NC(=O)[C@H]2CCCN2)sc2c1CCCCC2. The number of thiophene rings is 1. The van der Waals surface area contributed by atoms with E-state index in [9.17, 15) is 9.59 Å². The molecule has 2 heterocycles. The van der Waals surface area contributed by atoms with Crippen LogP contribution in [0.15, 0.2) is 0 Å². The molecule has 0 radical (unpaired) electrons. The van der Waals surface area contributed by atoms with Crippen LogP contribution in [0.5, 0.6) is 0 Å². The fraction of sp³-hybridized carbons (Fsp3) is 0.647. The Morgan fingerprint density at radius 1 is 1.26 bits per heavy atom. The predicted molar refractivity (Wildman–Crippen MR) is 91.2 cm³/mol. The molecule has 0 unspecified atom stereocenters. The van der Waals surface area contributed by atoms with Gasteiger partial charge < -0.3 is 15.4 Å². The maximum atomic E-state index is 12.4. The molecule has 1 aliphatic heterocycles. The van der Waals surface area contributed by atoms with Gasteiger partial charge in [-0.05, 0) is 57.6 Å². The summed E-state index contributed by atoms with van der Waals surface area (Å²) < 4.78 is 5.24. The van der Waals surface area contributed by atoms with Gasteiger partial charge in [0.2, 0.25) is 5.91 Å². The molecule has 6 heteroatoms. The lowest BCUT2D eigenvalue weighted by Gasteiger charge is -2.12. The number of fused-ring (bicyclic) bond motifs is 1. The second kappa shape index (κ2) is 7.45. The van der Waals surface area contributed by atoms with E-state index in [1.54, 1.807) is 11.3 Å². The first-order valence-electron chi connectivity index (χ1n) is 8.56. The Labute approximate surface area is 140 Å². The predicted octanol–water partition coefficient (Wildman–Crippen LogP) is 2.88. The number of carbonyl (C=O) groups is 2. The number of nitrogens with one attached hydrogen (secondary N) is 2. The number of anilines is 1. The Hall–Kier alpha value is -1.40. The van der Waals surface area contributed by atoms with Crippen molar-refractivity contribution in [1.29, 1.82) is 0 Å². The van der Waals surface area contributed by atoms with Crippen molar-refractivity contribution in [2.45, 2.75) is 57.9 Å². The fourth-order valence-electron chi connectivity index (χ4n) is 3.36. The van der Waals surface area contributed by atoms with Gasteiger partial charge in [-0.1, -0.05) is 6.42 Å². The molecule has 0 bridgehead atoms. The first kappa shape index (κ1) is 16.5. The molecule has 0 aromatic carbocycles. The highest BCUT2D eigenvalue weighted by atomic mass is 32.1. The summed E-state index contributed by atoms with van der Waals surface area (Å²) >= 11 is 1.56. The lowest BCUT2D eigenvalue weighted by Crippen LogP contribution is -2.35. The molecule has 3 rings (SSSR count). The molecular weight excluding hydrogens is 312 g/mol. The summed E-state index contributed by atoms with van der Waals surface area (Å²) in [6.45, 7) is 3.04. The van der Waals surface area contributed by atoms with Crippen molar-refractivity contribution >= 4 is 28.2 Å². The minimum absolute atomic E-state index is 0.0375. The van der Waals surface area contributed by atoms with Gasteiger partial charge in [0.15, 0.2) is 0 Å². The summed E-state index contributed by atoms with van der Waals surface area (Å²) in [6.07, 6.45) is 7.19. The molecule has 5 nitrogen and oxygen atoms in total. The van der Waals surface area contributed by atoms with Crippen LogP contribution in [0.2, 0.25) is 0 Å². The molecule has 1 fully saturated rings. The Morgan fingerprint density at radius 3 is 2.83 bits per heavy atom. The molecule has 2 aliphatic rings. The van der Waals surface area contributed by atoms with Crippen molar-refractivity contribution < 1.29 is 14.3 Å². The lowest BCUT2D eigenvalue weighted by molar-refractivity contribution is -0.117. The van der Waals surface area contributed by atoms with Crippen LogP contribution in [0.1, 0.15) is 59.8 Å². The van der Waals surface area contributed by atoms with Crippen molar-refractivity contribution in [2.75, 3.05) is 18.5 Å². The molecule has 0 spiro atoms. The largest absolute Gasteiger partial charge is 0.462 e. The highest BCUT2D eigenvalue weighted by Crippen LogP contribution is 2.38. The van der Waals surface area contributed by atoms with Gasteiger partial charge in [0.05, 0.1) is 18.2 Å². The van der Waals surface area contributed by atoms with Crippen molar-refractivity contribution in [2.24, 2.45) is 0 Å². The van der Waals surface area contributed by atoms with Crippen LogP contribution in [0.4, 0.5) is 5.00 Å². The Bertz CT molecular complexity index is 591. The van der Waals surface area contributed by atoms with E-state index in [-0.39, 0.29) is 17.9 Å². The maximum Gasteiger partial charge on any atom is 0.341 e. The third kappa shape index (κ3) is 3.58. The van der Waals surface area contributed by atoms with Gasteiger partial charge >= 0.3 is 5.97 Å². The van der Waals surface area contributed by atoms with Gasteiger partial charge in [0.1, 0.15) is 5.00 Å². The molecule has 23 heavy (non-hydrogen) atoms. The molecule has 0 saturated carbocycles. The van der Waals surface area contributed by atoms with Crippen LogP contribution in [0.25, 0.3) is 0 Å². The van der Waals surface area contributed by atoms with Crippen LogP contribution < -0.4 is 10.6 Å². The van der Waals surface area contributed by atoms with E-state index in [4.69, 9.17) is 4.74 Å². The van der Waals surface area contributed by atoms with Crippen molar-refractivity contribution in [1.82, 2.24) is 5.32 Å². The van der Waals surface area contributed by atoms with Crippen LogP contribution in [-0.2, 0) is 22.4 Å². The van der Waals surface area contributed by atoms with E-state index in [2.05, 4.69) is 10.6 Å². The number of carbonyl (C=O) groups excluding carboxylic acids is 2. The highest BCUT2D eigenvalue weighted by Gasteiger charge is 2.29. The molecule has 1 aromatic rings. The van der Waals surface area contributed by atoms with E-state index >= 15 is 0 Å². The number of hydrogen-bond donors (Lipinski definition) is 2. The number of amides is 1. The number of hydrogen-bond acceptors (Lipinski definition) is 5. The number of aryl methyl sites for hydroxylation is 1. The summed E-state index contributed by atoms with van der Waals surface area (Å²) in [7, 11) is 0. The highest BCUT2D eigenvalue weighted by molar-refractivity contribution is 7.17. The van der Waals surface area contributed by atoms with Gasteiger partial charge in [-0.15, -0.1) is 11.3 Å². The second-order valence-electron chi connectivity index (χ2n) is 6.13. The molecule has 2 N–H and O–H groups in total. The van der Waals surface area contributed by atoms with Gasteiger partial charge in [0, 0.05) is 4.88 Å². The zero-order valence-electron chi connectivity index (χ0n) is 13.6. The van der Waals surface area contributed by atoms with Crippen molar-refractivity contribution in [3.8, 4) is 0 Å². The van der Waals surface area contributed by atoms with E-state index in [0.717, 1.165) is 50.6 Å². The van der Waals surface area contributed by atoms with Gasteiger partial charge in [0.25, 0.3) is 0 Å². The van der Waals surface area contributed by atoms with Crippen LogP contribution in [0, 0.1) is 0 Å². The van der Waals surface area contributed by atoms with Gasteiger partial charge in [-0.25, -0.2) is 4.79 Å². The quantitative estimate of drug-likeness (QED) is 0.655. The lowest BCUT2D eigenvalue weighted by atomic mass is 10.1. The summed E-state index contributed by atoms with van der Waals surface area (Å²) in [5.74, 6) is -0.342. The monoisotopic (exact) mass is 336 g/mol. The van der Waals surface area contributed by atoms with E-state index < -0.39 is 0 Å². The topological polar surface area (TPSA) is 67.4 Å². The minimum Gasteiger partial charge on any atom is -0.462 e. The molecule has 1 saturated heterocycles. The number of ether oxygens (including phenoxy) is 1. The molecule has 1 aliphatic carbocycles. The summed E-state index contributed by atoms with van der Waals surface area (Å²) in [4.78, 5) is 26.1. The molecule has 1 amide bonds.